The van der Waals surface area contributed by atoms with Crippen LogP contribution in [0.25, 0.3) is 5.78 Å². The Labute approximate surface area is 123 Å². The highest BCUT2D eigenvalue weighted by Crippen LogP contribution is 2.10. The first-order valence-electron chi connectivity index (χ1n) is 7.16. The van der Waals surface area contributed by atoms with E-state index in [1.165, 1.54) is 12.5 Å². The number of hydrogen-bond acceptors (Lipinski definition) is 5. The maximum atomic E-state index is 12.3. The van der Waals surface area contributed by atoms with Crippen LogP contribution in [0.15, 0.2) is 12.5 Å². The summed E-state index contributed by atoms with van der Waals surface area (Å²) < 4.78 is 1.57. The summed E-state index contributed by atoms with van der Waals surface area (Å²) in [5, 5.41) is 16.6. The van der Waals surface area contributed by atoms with Crippen LogP contribution in [0.3, 0.4) is 0 Å². The first-order chi connectivity index (χ1) is 10.0. The molecule has 7 nitrogen and oxygen atoms in total. The molecule has 1 amide bonds. The highest BCUT2D eigenvalue weighted by atomic mass is 16.3. The largest absolute Gasteiger partial charge is 0.391 e. The molecule has 2 rings (SSSR count). The number of aromatic nitrogens is 4. The van der Waals surface area contributed by atoms with Crippen LogP contribution in [0.5, 0.6) is 0 Å². The first kappa shape index (κ1) is 15.4. The number of aryl methyl sites for hydroxylation is 1. The number of hydrogen-bond donors (Lipinski definition) is 2. The van der Waals surface area contributed by atoms with Crippen LogP contribution < -0.4 is 5.32 Å². The minimum Gasteiger partial charge on any atom is -0.391 e. The Morgan fingerprint density at radius 1 is 1.43 bits per heavy atom. The number of nitrogens with one attached hydrogen (secondary N) is 1. The minimum absolute atomic E-state index is 0.232. The van der Waals surface area contributed by atoms with Crippen molar-refractivity contribution in [2.75, 3.05) is 6.54 Å². The number of amides is 1. The topological polar surface area (TPSA) is 92.4 Å². The molecule has 0 aliphatic rings. The minimum atomic E-state index is -0.540. The lowest BCUT2D eigenvalue weighted by atomic mass is 10.1. The molecule has 0 spiro atoms. The van der Waals surface area contributed by atoms with Crippen molar-refractivity contribution in [1.82, 2.24) is 24.9 Å². The molecular formula is C14H21N5O2. The average Bonchev–Trinajstić information content (AvgIpc) is 2.91. The molecule has 2 aromatic heterocycles. The number of rotatable bonds is 6. The van der Waals surface area contributed by atoms with E-state index in [0.717, 1.165) is 5.69 Å². The molecule has 2 aromatic rings. The molecule has 21 heavy (non-hydrogen) atoms. The fraction of sp³-hybridized carbons (Fsp3) is 0.571. The van der Waals surface area contributed by atoms with Crippen molar-refractivity contribution in [2.45, 2.75) is 39.7 Å². The van der Waals surface area contributed by atoms with Crippen molar-refractivity contribution in [1.29, 1.82) is 0 Å². The lowest BCUT2D eigenvalue weighted by Crippen LogP contribution is -2.33. The zero-order valence-electron chi connectivity index (χ0n) is 12.6. The van der Waals surface area contributed by atoms with Gasteiger partial charge in [-0.1, -0.05) is 20.8 Å². The van der Waals surface area contributed by atoms with E-state index in [1.807, 2.05) is 20.8 Å². The molecule has 2 N–H and O–H groups in total. The Kier molecular flexibility index (Phi) is 4.85. The molecular weight excluding hydrogens is 270 g/mol. The fourth-order valence-corrected chi connectivity index (χ4v) is 2.29. The SMILES string of the molecule is CCc1c(C(=O)NCC(O)CC(C)C)cnc2ncnn12. The summed E-state index contributed by atoms with van der Waals surface area (Å²) >= 11 is 0. The number of nitrogens with zero attached hydrogens (tertiary/aromatic N) is 4. The molecule has 1 unspecified atom stereocenters. The monoisotopic (exact) mass is 291 g/mol. The average molecular weight is 291 g/mol. The predicted molar refractivity (Wildman–Crippen MR) is 78.0 cm³/mol. The number of aliphatic hydroxyl groups is 1. The predicted octanol–water partition coefficient (Wildman–Crippen LogP) is 0.823. The van der Waals surface area contributed by atoms with Gasteiger partial charge in [-0.05, 0) is 18.8 Å². The molecule has 0 aliphatic carbocycles. The highest BCUT2D eigenvalue weighted by Gasteiger charge is 2.16. The molecule has 0 saturated carbocycles. The molecule has 0 saturated heterocycles. The molecule has 1 atom stereocenters. The van der Waals surface area contributed by atoms with E-state index in [9.17, 15) is 9.90 Å². The van der Waals surface area contributed by atoms with Gasteiger partial charge in [-0.2, -0.15) is 10.1 Å². The summed E-state index contributed by atoms with van der Waals surface area (Å²) in [5.74, 6) is 0.610. The van der Waals surface area contributed by atoms with Crippen LogP contribution in [0.4, 0.5) is 0 Å². The fourth-order valence-electron chi connectivity index (χ4n) is 2.29. The Bertz CT molecular complexity index is 623. The summed E-state index contributed by atoms with van der Waals surface area (Å²) in [7, 11) is 0. The van der Waals surface area contributed by atoms with Crippen molar-refractivity contribution in [2.24, 2.45) is 5.92 Å². The van der Waals surface area contributed by atoms with Crippen molar-refractivity contribution >= 4 is 11.7 Å². The Hall–Kier alpha value is -2.02. The second-order valence-corrected chi connectivity index (χ2v) is 5.44. The van der Waals surface area contributed by atoms with Crippen molar-refractivity contribution in [3.63, 3.8) is 0 Å². The molecule has 0 bridgehead atoms. The quantitative estimate of drug-likeness (QED) is 0.822. The normalized spacial score (nSPS) is 12.8. The lowest BCUT2D eigenvalue weighted by molar-refractivity contribution is 0.0898. The van der Waals surface area contributed by atoms with E-state index >= 15 is 0 Å². The van der Waals surface area contributed by atoms with Gasteiger partial charge in [0.1, 0.15) is 6.33 Å². The number of carbonyl (C=O) groups excluding carboxylic acids is 1. The molecule has 0 aliphatic heterocycles. The third kappa shape index (κ3) is 3.55. The van der Waals surface area contributed by atoms with Gasteiger partial charge in [0, 0.05) is 12.7 Å². The number of carbonyl (C=O) groups is 1. The van der Waals surface area contributed by atoms with E-state index in [1.54, 1.807) is 4.52 Å². The van der Waals surface area contributed by atoms with Crippen LogP contribution >= 0.6 is 0 Å². The second kappa shape index (κ2) is 6.62. The van der Waals surface area contributed by atoms with Crippen LogP contribution in [-0.2, 0) is 6.42 Å². The molecule has 0 fully saturated rings. The Morgan fingerprint density at radius 3 is 2.86 bits per heavy atom. The van der Waals surface area contributed by atoms with Gasteiger partial charge in [-0.15, -0.1) is 0 Å². The lowest BCUT2D eigenvalue weighted by Gasteiger charge is -2.14. The summed E-state index contributed by atoms with van der Waals surface area (Å²) in [5.41, 5.74) is 1.22. The summed E-state index contributed by atoms with van der Waals surface area (Å²) in [6, 6.07) is 0. The third-order valence-corrected chi connectivity index (χ3v) is 3.23. The zero-order chi connectivity index (χ0) is 15.4. The van der Waals surface area contributed by atoms with Crippen molar-refractivity contribution < 1.29 is 9.90 Å². The Morgan fingerprint density at radius 2 is 2.19 bits per heavy atom. The van der Waals surface area contributed by atoms with E-state index in [2.05, 4.69) is 20.4 Å². The van der Waals surface area contributed by atoms with Crippen LogP contribution in [0.2, 0.25) is 0 Å². The van der Waals surface area contributed by atoms with Gasteiger partial charge < -0.3 is 10.4 Å². The van der Waals surface area contributed by atoms with Crippen molar-refractivity contribution in [3.05, 3.63) is 23.8 Å². The number of fused-ring (bicyclic) bond motifs is 1. The van der Waals surface area contributed by atoms with Gasteiger partial charge in [0.25, 0.3) is 11.7 Å². The summed E-state index contributed by atoms with van der Waals surface area (Å²) in [6.45, 7) is 6.24. The van der Waals surface area contributed by atoms with Gasteiger partial charge in [-0.3, -0.25) is 4.79 Å². The van der Waals surface area contributed by atoms with E-state index < -0.39 is 6.10 Å². The summed E-state index contributed by atoms with van der Waals surface area (Å²) in [6.07, 6.45) is 3.67. The Balaban J connectivity index is 2.12. The molecule has 2 heterocycles. The van der Waals surface area contributed by atoms with Crippen molar-refractivity contribution in [3.8, 4) is 0 Å². The second-order valence-electron chi connectivity index (χ2n) is 5.44. The standard InChI is InChI=1S/C14H21N5O2/c1-4-12-11(7-16-14-17-8-18-19(12)14)13(21)15-6-10(20)5-9(2)3/h7-10,20H,4-6H2,1-3H3,(H,15,21). The van der Waals surface area contributed by atoms with Gasteiger partial charge in [0.2, 0.25) is 0 Å². The van der Waals surface area contributed by atoms with Crippen LogP contribution in [0, 0.1) is 5.92 Å². The van der Waals surface area contributed by atoms with Crippen LogP contribution in [-0.4, -0.2) is 43.2 Å². The third-order valence-electron chi connectivity index (χ3n) is 3.23. The number of aliphatic hydroxyl groups excluding tert-OH is 1. The van der Waals surface area contributed by atoms with Crippen LogP contribution in [0.1, 0.15) is 43.2 Å². The van der Waals surface area contributed by atoms with Gasteiger partial charge >= 0.3 is 0 Å². The summed E-state index contributed by atoms with van der Waals surface area (Å²) in [4.78, 5) is 20.4. The van der Waals surface area contributed by atoms with E-state index in [4.69, 9.17) is 0 Å². The van der Waals surface area contributed by atoms with Gasteiger partial charge in [0.15, 0.2) is 0 Å². The maximum absolute atomic E-state index is 12.3. The maximum Gasteiger partial charge on any atom is 0.254 e. The molecule has 7 heteroatoms. The molecule has 0 aromatic carbocycles. The molecule has 0 radical (unpaired) electrons. The zero-order valence-corrected chi connectivity index (χ0v) is 12.6. The van der Waals surface area contributed by atoms with Gasteiger partial charge in [0.05, 0.1) is 17.4 Å². The molecule has 114 valence electrons. The highest BCUT2D eigenvalue weighted by molar-refractivity contribution is 5.95. The van der Waals surface area contributed by atoms with E-state index in [-0.39, 0.29) is 12.5 Å². The van der Waals surface area contributed by atoms with E-state index in [0.29, 0.717) is 30.1 Å². The van der Waals surface area contributed by atoms with Gasteiger partial charge in [-0.25, -0.2) is 9.50 Å². The first-order valence-corrected chi connectivity index (χ1v) is 7.16. The smallest absolute Gasteiger partial charge is 0.254 e.